The molecule has 0 spiro atoms. The molecule has 1 N–H and O–H groups in total. The number of hydrogen-bond acceptors (Lipinski definition) is 2. The zero-order valence-corrected chi connectivity index (χ0v) is 16.6. The molecule has 0 fully saturated rings. The van der Waals surface area contributed by atoms with Gasteiger partial charge in [0, 0.05) is 38.2 Å². The predicted octanol–water partition coefficient (Wildman–Crippen LogP) is 5.83. The number of aromatic nitrogens is 1. The van der Waals surface area contributed by atoms with Crippen molar-refractivity contribution in [1.82, 2.24) is 9.99 Å². The van der Waals surface area contributed by atoms with Crippen LogP contribution in [0.3, 0.4) is 0 Å². The van der Waals surface area contributed by atoms with Crippen LogP contribution in [0.25, 0.3) is 5.69 Å². The third-order valence-electron chi connectivity index (χ3n) is 4.37. The number of hydrogen-bond donors (Lipinski definition) is 1. The number of nitrogens with one attached hydrogen (secondary N) is 1. The van der Waals surface area contributed by atoms with E-state index in [-0.39, 0.29) is 0 Å². The summed E-state index contributed by atoms with van der Waals surface area (Å²) < 4.78 is 2.23. The van der Waals surface area contributed by atoms with Gasteiger partial charge in [-0.05, 0) is 51.1 Å². The van der Waals surface area contributed by atoms with Crippen LogP contribution in [0.15, 0.2) is 53.6 Å². The van der Waals surface area contributed by atoms with Gasteiger partial charge in [-0.25, -0.2) is 0 Å². The minimum absolute atomic E-state index is 0.478. The second kappa shape index (κ2) is 7.98. The molecule has 0 saturated carbocycles. The Hall–Kier alpha value is -2.23. The molecule has 0 aliphatic rings. The van der Waals surface area contributed by atoms with Crippen LogP contribution in [0.4, 0.5) is 0 Å². The fourth-order valence-corrected chi connectivity index (χ4v) is 3.48. The van der Waals surface area contributed by atoms with E-state index in [1.807, 2.05) is 24.4 Å². The van der Waals surface area contributed by atoms with E-state index in [1.54, 1.807) is 0 Å². The standard InChI is InChI=1S/C21H21Cl2N3/c1-14-7-9-18(10-8-14)26-15(2)11-17(16(26)3)12-24-25-13-19-20(22)5-4-6-21(19)23/h4-12,25H,13H2,1-3H3/b24-12-. The van der Waals surface area contributed by atoms with E-state index in [9.17, 15) is 0 Å². The molecule has 0 unspecified atom stereocenters. The molecule has 26 heavy (non-hydrogen) atoms. The number of nitrogens with zero attached hydrogens (tertiary/aromatic N) is 2. The molecule has 3 aromatic rings. The second-order valence-electron chi connectivity index (χ2n) is 6.29. The van der Waals surface area contributed by atoms with Crippen LogP contribution in [0, 0.1) is 20.8 Å². The Balaban J connectivity index is 1.75. The topological polar surface area (TPSA) is 29.3 Å². The molecule has 2 aromatic carbocycles. The Morgan fingerprint density at radius 1 is 1.00 bits per heavy atom. The summed E-state index contributed by atoms with van der Waals surface area (Å²) in [6, 6.07) is 16.1. The van der Waals surface area contributed by atoms with Crippen molar-refractivity contribution in [1.29, 1.82) is 0 Å². The molecule has 1 heterocycles. The molecule has 134 valence electrons. The van der Waals surface area contributed by atoms with Gasteiger partial charge >= 0.3 is 0 Å². The van der Waals surface area contributed by atoms with Gasteiger partial charge in [-0.1, -0.05) is 47.0 Å². The first-order valence-electron chi connectivity index (χ1n) is 8.42. The second-order valence-corrected chi connectivity index (χ2v) is 7.11. The lowest BCUT2D eigenvalue weighted by Crippen LogP contribution is -2.07. The van der Waals surface area contributed by atoms with Crippen molar-refractivity contribution in [3.05, 3.63) is 86.7 Å². The van der Waals surface area contributed by atoms with Gasteiger partial charge in [0.2, 0.25) is 0 Å². The highest BCUT2D eigenvalue weighted by molar-refractivity contribution is 6.35. The van der Waals surface area contributed by atoms with Gasteiger partial charge in [0.05, 0.1) is 12.8 Å². The van der Waals surface area contributed by atoms with Gasteiger partial charge in [0.15, 0.2) is 0 Å². The molecular weight excluding hydrogens is 365 g/mol. The maximum Gasteiger partial charge on any atom is 0.0609 e. The van der Waals surface area contributed by atoms with E-state index in [1.165, 1.54) is 11.3 Å². The van der Waals surface area contributed by atoms with Crippen molar-refractivity contribution < 1.29 is 0 Å². The van der Waals surface area contributed by atoms with Crippen LogP contribution in [0.2, 0.25) is 10.0 Å². The maximum absolute atomic E-state index is 6.17. The molecule has 0 aliphatic heterocycles. The summed E-state index contributed by atoms with van der Waals surface area (Å²) >= 11 is 12.3. The zero-order chi connectivity index (χ0) is 18.7. The minimum Gasteiger partial charge on any atom is -0.318 e. The van der Waals surface area contributed by atoms with Gasteiger partial charge < -0.3 is 9.99 Å². The summed E-state index contributed by atoms with van der Waals surface area (Å²) in [6.45, 7) is 6.76. The summed E-state index contributed by atoms with van der Waals surface area (Å²) in [5.74, 6) is 0. The first-order valence-corrected chi connectivity index (χ1v) is 9.18. The van der Waals surface area contributed by atoms with Gasteiger partial charge in [-0.3, -0.25) is 0 Å². The summed E-state index contributed by atoms with van der Waals surface area (Å²) in [7, 11) is 0. The maximum atomic E-state index is 6.17. The molecular formula is C21H21Cl2N3. The first-order chi connectivity index (χ1) is 12.5. The van der Waals surface area contributed by atoms with Gasteiger partial charge in [0.25, 0.3) is 0 Å². The van der Waals surface area contributed by atoms with E-state index in [2.05, 4.69) is 66.2 Å². The third kappa shape index (κ3) is 3.95. The molecule has 0 aliphatic carbocycles. The average molecular weight is 386 g/mol. The molecule has 0 atom stereocenters. The zero-order valence-electron chi connectivity index (χ0n) is 15.1. The Labute approximate surface area is 164 Å². The normalized spacial score (nSPS) is 11.3. The highest BCUT2D eigenvalue weighted by atomic mass is 35.5. The van der Waals surface area contributed by atoms with E-state index in [4.69, 9.17) is 23.2 Å². The number of hydrazone groups is 1. The van der Waals surface area contributed by atoms with Gasteiger partial charge in [-0.15, -0.1) is 0 Å². The third-order valence-corrected chi connectivity index (χ3v) is 5.08. The van der Waals surface area contributed by atoms with Crippen molar-refractivity contribution in [2.75, 3.05) is 0 Å². The number of benzene rings is 2. The predicted molar refractivity (Wildman–Crippen MR) is 111 cm³/mol. The van der Waals surface area contributed by atoms with Gasteiger partial charge in [-0.2, -0.15) is 5.10 Å². The summed E-state index contributed by atoms with van der Waals surface area (Å²) in [4.78, 5) is 0. The molecule has 5 heteroatoms. The summed E-state index contributed by atoms with van der Waals surface area (Å²) in [5, 5.41) is 5.61. The Bertz CT molecular complexity index is 920. The van der Waals surface area contributed by atoms with Crippen molar-refractivity contribution in [2.24, 2.45) is 5.10 Å². The smallest absolute Gasteiger partial charge is 0.0609 e. The van der Waals surface area contributed by atoms with Crippen LogP contribution in [0.1, 0.15) is 28.1 Å². The van der Waals surface area contributed by atoms with Gasteiger partial charge in [0.1, 0.15) is 0 Å². The number of rotatable bonds is 5. The monoisotopic (exact) mass is 385 g/mol. The molecule has 1 aromatic heterocycles. The molecule has 3 rings (SSSR count). The molecule has 0 amide bonds. The van der Waals surface area contributed by atoms with Crippen LogP contribution >= 0.6 is 23.2 Å². The SMILES string of the molecule is Cc1ccc(-n2c(C)cc(/C=N\NCc3c(Cl)cccc3Cl)c2C)cc1. The van der Waals surface area contributed by atoms with Crippen molar-refractivity contribution in [2.45, 2.75) is 27.3 Å². The first kappa shape index (κ1) is 18.6. The number of halogens is 2. The van der Waals surface area contributed by atoms with E-state index in [0.29, 0.717) is 16.6 Å². The van der Waals surface area contributed by atoms with Crippen molar-refractivity contribution in [3.63, 3.8) is 0 Å². The minimum atomic E-state index is 0.478. The quantitative estimate of drug-likeness (QED) is 0.434. The van der Waals surface area contributed by atoms with Crippen LogP contribution in [-0.2, 0) is 6.54 Å². The largest absolute Gasteiger partial charge is 0.318 e. The van der Waals surface area contributed by atoms with Crippen molar-refractivity contribution in [3.8, 4) is 5.69 Å². The van der Waals surface area contributed by atoms with Crippen LogP contribution in [-0.4, -0.2) is 10.8 Å². The molecule has 0 radical (unpaired) electrons. The fraction of sp³-hybridized carbons (Fsp3) is 0.190. The average Bonchev–Trinajstić information content (AvgIpc) is 2.89. The lowest BCUT2D eigenvalue weighted by molar-refractivity contribution is 0.748. The fourth-order valence-electron chi connectivity index (χ4n) is 2.95. The van der Waals surface area contributed by atoms with Crippen LogP contribution < -0.4 is 5.43 Å². The van der Waals surface area contributed by atoms with E-state index in [0.717, 1.165) is 22.5 Å². The lowest BCUT2D eigenvalue weighted by Gasteiger charge is -2.10. The van der Waals surface area contributed by atoms with E-state index < -0.39 is 0 Å². The molecule has 0 saturated heterocycles. The molecule has 3 nitrogen and oxygen atoms in total. The Morgan fingerprint density at radius 3 is 2.31 bits per heavy atom. The Morgan fingerprint density at radius 2 is 1.65 bits per heavy atom. The van der Waals surface area contributed by atoms with E-state index >= 15 is 0 Å². The molecule has 0 bridgehead atoms. The highest BCUT2D eigenvalue weighted by Gasteiger charge is 2.09. The summed E-state index contributed by atoms with van der Waals surface area (Å²) in [5.41, 5.74) is 9.66. The highest BCUT2D eigenvalue weighted by Crippen LogP contribution is 2.24. The summed E-state index contributed by atoms with van der Waals surface area (Å²) in [6.07, 6.45) is 1.83. The lowest BCUT2D eigenvalue weighted by atomic mass is 10.2. The Kier molecular flexibility index (Phi) is 5.70. The number of aryl methyl sites for hydroxylation is 2. The van der Waals surface area contributed by atoms with Crippen LogP contribution in [0.5, 0.6) is 0 Å². The van der Waals surface area contributed by atoms with Crippen molar-refractivity contribution >= 4 is 29.4 Å².